The minimum atomic E-state index is -3.63. The SMILES string of the molecule is COc1ccc([C@@H](O)[P@](=O)(O[C@@H]2C[C@@H](C)CC[C@@H]2C(C)C)c2ccc(N(C)C)cc2)cc1. The largest absolute Gasteiger partial charge is 0.497 e. The molecule has 0 radical (unpaired) electrons. The highest BCUT2D eigenvalue weighted by molar-refractivity contribution is 7.67. The number of hydrogen-bond acceptors (Lipinski definition) is 5. The lowest BCUT2D eigenvalue weighted by Crippen LogP contribution is -2.35. The third-order valence-electron chi connectivity index (χ3n) is 6.72. The van der Waals surface area contributed by atoms with Gasteiger partial charge < -0.3 is 19.3 Å². The zero-order valence-corrected chi connectivity index (χ0v) is 21.1. The summed E-state index contributed by atoms with van der Waals surface area (Å²) in [5, 5.41) is 12.0. The van der Waals surface area contributed by atoms with Crippen LogP contribution in [0, 0.1) is 17.8 Å². The minimum Gasteiger partial charge on any atom is -0.497 e. The average molecular weight is 460 g/mol. The second-order valence-corrected chi connectivity index (χ2v) is 12.0. The van der Waals surface area contributed by atoms with Crippen molar-refractivity contribution >= 4 is 18.4 Å². The van der Waals surface area contributed by atoms with Crippen molar-refractivity contribution < 1.29 is 18.9 Å². The zero-order valence-electron chi connectivity index (χ0n) is 20.2. The first kappa shape index (κ1) is 24.8. The van der Waals surface area contributed by atoms with Crippen LogP contribution in [0.4, 0.5) is 5.69 Å². The van der Waals surface area contributed by atoms with Crippen LogP contribution in [0.5, 0.6) is 5.75 Å². The van der Waals surface area contributed by atoms with Crippen LogP contribution in [0.1, 0.15) is 51.4 Å². The quantitative estimate of drug-likeness (QED) is 0.503. The van der Waals surface area contributed by atoms with Gasteiger partial charge in [0.15, 0.2) is 5.85 Å². The fourth-order valence-corrected chi connectivity index (χ4v) is 6.92. The highest BCUT2D eigenvalue weighted by Gasteiger charge is 2.42. The molecular weight excluding hydrogens is 421 g/mol. The molecule has 0 aliphatic heterocycles. The van der Waals surface area contributed by atoms with Gasteiger partial charge in [-0.05, 0) is 72.6 Å². The molecule has 32 heavy (non-hydrogen) atoms. The summed E-state index contributed by atoms with van der Waals surface area (Å²) in [6, 6.07) is 14.6. The van der Waals surface area contributed by atoms with E-state index in [2.05, 4.69) is 20.8 Å². The first-order valence-electron chi connectivity index (χ1n) is 11.5. The molecule has 5 atom stereocenters. The molecule has 0 heterocycles. The number of hydrogen-bond donors (Lipinski definition) is 1. The third-order valence-corrected chi connectivity index (χ3v) is 9.26. The Morgan fingerprint density at radius 3 is 2.19 bits per heavy atom. The number of nitrogens with zero attached hydrogens (tertiary/aromatic N) is 1. The molecule has 3 rings (SSSR count). The molecule has 2 aromatic rings. The van der Waals surface area contributed by atoms with Crippen molar-refractivity contribution in [2.45, 2.75) is 52.0 Å². The topological polar surface area (TPSA) is 59.0 Å². The van der Waals surface area contributed by atoms with Crippen LogP contribution in [-0.4, -0.2) is 32.4 Å². The average Bonchev–Trinajstić information content (AvgIpc) is 2.78. The summed E-state index contributed by atoms with van der Waals surface area (Å²) in [4.78, 5) is 1.99. The van der Waals surface area contributed by atoms with E-state index in [1.807, 2.05) is 43.3 Å². The summed E-state index contributed by atoms with van der Waals surface area (Å²) >= 11 is 0. The van der Waals surface area contributed by atoms with Crippen molar-refractivity contribution in [2.75, 3.05) is 26.1 Å². The normalized spacial score (nSPS) is 24.1. The molecule has 0 saturated heterocycles. The Bertz CT molecular complexity index is 910. The zero-order chi connectivity index (χ0) is 23.5. The lowest BCUT2D eigenvalue weighted by Gasteiger charge is -2.40. The molecule has 1 aliphatic carbocycles. The van der Waals surface area contributed by atoms with Crippen molar-refractivity contribution in [1.29, 1.82) is 0 Å². The van der Waals surface area contributed by atoms with E-state index in [1.165, 1.54) is 0 Å². The number of benzene rings is 2. The number of aliphatic hydroxyl groups excluding tert-OH is 1. The van der Waals surface area contributed by atoms with Crippen molar-refractivity contribution in [3.8, 4) is 5.75 Å². The van der Waals surface area contributed by atoms with Gasteiger partial charge in [0.05, 0.1) is 13.2 Å². The molecule has 1 aliphatic rings. The van der Waals surface area contributed by atoms with E-state index < -0.39 is 13.2 Å². The van der Waals surface area contributed by atoms with Gasteiger partial charge >= 0.3 is 0 Å². The predicted molar refractivity (Wildman–Crippen MR) is 132 cm³/mol. The Morgan fingerprint density at radius 2 is 1.66 bits per heavy atom. The molecule has 6 heteroatoms. The van der Waals surface area contributed by atoms with Gasteiger partial charge in [-0.2, -0.15) is 0 Å². The Kier molecular flexibility index (Phi) is 8.08. The van der Waals surface area contributed by atoms with Crippen LogP contribution in [0.15, 0.2) is 48.5 Å². The van der Waals surface area contributed by atoms with E-state index in [0.717, 1.165) is 24.9 Å². The van der Waals surface area contributed by atoms with Gasteiger partial charge in [-0.1, -0.05) is 39.3 Å². The highest BCUT2D eigenvalue weighted by atomic mass is 31.2. The molecule has 0 amide bonds. The van der Waals surface area contributed by atoms with Gasteiger partial charge in [0.2, 0.25) is 0 Å². The number of ether oxygens (including phenoxy) is 1. The maximum Gasteiger partial charge on any atom is 0.264 e. The molecule has 0 spiro atoms. The molecule has 0 unspecified atom stereocenters. The Morgan fingerprint density at radius 1 is 1.03 bits per heavy atom. The third kappa shape index (κ3) is 5.39. The molecular formula is C26H38NO4P. The second kappa shape index (κ2) is 10.4. The summed E-state index contributed by atoms with van der Waals surface area (Å²) < 4.78 is 26.4. The Balaban J connectivity index is 2.02. The maximum absolute atomic E-state index is 14.6. The van der Waals surface area contributed by atoms with Gasteiger partial charge in [-0.15, -0.1) is 0 Å². The minimum absolute atomic E-state index is 0.147. The molecule has 0 bridgehead atoms. The van der Waals surface area contributed by atoms with E-state index in [-0.39, 0.29) is 6.10 Å². The van der Waals surface area contributed by atoms with E-state index in [4.69, 9.17) is 9.26 Å². The van der Waals surface area contributed by atoms with Gasteiger partial charge in [0.25, 0.3) is 7.37 Å². The summed E-state index contributed by atoms with van der Waals surface area (Å²) in [5.41, 5.74) is 1.57. The van der Waals surface area contributed by atoms with Crippen molar-refractivity contribution in [1.82, 2.24) is 0 Å². The van der Waals surface area contributed by atoms with E-state index >= 15 is 0 Å². The maximum atomic E-state index is 14.6. The summed E-state index contributed by atoms with van der Waals surface area (Å²) in [6.45, 7) is 6.63. The summed E-state index contributed by atoms with van der Waals surface area (Å²) in [7, 11) is 1.90. The molecule has 176 valence electrons. The fourth-order valence-electron chi connectivity index (χ4n) is 4.63. The first-order chi connectivity index (χ1) is 15.2. The van der Waals surface area contributed by atoms with Gasteiger partial charge in [0, 0.05) is 25.1 Å². The standard InChI is InChI=1S/C26H38NO4P/c1-18(2)24-16-7-19(3)17-25(24)31-32(29,23-14-10-21(11-15-23)27(4)5)26(28)20-8-12-22(30-6)13-9-20/h8-15,18-19,24-26,28H,7,16-17H2,1-6H3/t19-,24+,25+,26-,32+/m0/s1. The lowest BCUT2D eigenvalue weighted by molar-refractivity contribution is 0.0427. The Labute approximate surface area is 193 Å². The number of aliphatic hydroxyl groups is 1. The summed E-state index contributed by atoms with van der Waals surface area (Å²) in [6.07, 6.45) is 2.93. The van der Waals surface area contributed by atoms with E-state index in [0.29, 0.717) is 34.4 Å². The van der Waals surface area contributed by atoms with Gasteiger partial charge in [0.1, 0.15) is 5.75 Å². The molecule has 1 N–H and O–H groups in total. The monoisotopic (exact) mass is 459 g/mol. The first-order valence-corrected chi connectivity index (χ1v) is 13.2. The number of anilines is 1. The summed E-state index contributed by atoms with van der Waals surface area (Å²) in [5.74, 6) is 0.702. The fraction of sp³-hybridized carbons (Fsp3) is 0.538. The van der Waals surface area contributed by atoms with Crippen molar-refractivity contribution in [3.63, 3.8) is 0 Å². The van der Waals surface area contributed by atoms with Crippen molar-refractivity contribution in [2.24, 2.45) is 17.8 Å². The second-order valence-electron chi connectivity index (χ2n) is 9.62. The predicted octanol–water partition coefficient (Wildman–Crippen LogP) is 5.83. The van der Waals surface area contributed by atoms with Crippen LogP contribution < -0.4 is 14.9 Å². The van der Waals surface area contributed by atoms with Crippen LogP contribution in [0.2, 0.25) is 0 Å². The highest BCUT2D eigenvalue weighted by Crippen LogP contribution is 2.60. The van der Waals surface area contributed by atoms with Gasteiger partial charge in [-0.25, -0.2) is 0 Å². The van der Waals surface area contributed by atoms with Crippen LogP contribution >= 0.6 is 7.37 Å². The number of methoxy groups -OCH3 is 1. The van der Waals surface area contributed by atoms with E-state index in [9.17, 15) is 9.67 Å². The van der Waals surface area contributed by atoms with Crippen LogP contribution in [0.3, 0.4) is 0 Å². The lowest BCUT2D eigenvalue weighted by atomic mass is 9.75. The van der Waals surface area contributed by atoms with Crippen LogP contribution in [-0.2, 0) is 9.09 Å². The molecule has 2 aromatic carbocycles. The van der Waals surface area contributed by atoms with Crippen molar-refractivity contribution in [3.05, 3.63) is 54.1 Å². The van der Waals surface area contributed by atoms with Crippen LogP contribution in [0.25, 0.3) is 0 Å². The molecule has 5 nitrogen and oxygen atoms in total. The number of rotatable bonds is 8. The molecule has 1 saturated carbocycles. The van der Waals surface area contributed by atoms with E-state index in [1.54, 1.807) is 31.4 Å². The Hall–Kier alpha value is -1.81. The van der Waals surface area contributed by atoms with Gasteiger partial charge in [-0.3, -0.25) is 4.57 Å². The molecule has 1 fully saturated rings. The molecule has 0 aromatic heterocycles. The smallest absolute Gasteiger partial charge is 0.264 e.